The predicted molar refractivity (Wildman–Crippen MR) is 128 cm³/mol. The number of benzene rings is 2. The van der Waals surface area contributed by atoms with Crippen molar-refractivity contribution in [1.82, 2.24) is 15.6 Å². The lowest BCUT2D eigenvalue weighted by Gasteiger charge is -2.25. The second-order valence-corrected chi connectivity index (χ2v) is 8.73. The molecule has 3 N–H and O–H groups in total. The quantitative estimate of drug-likeness (QED) is 0.464. The Morgan fingerprint density at radius 2 is 1.81 bits per heavy atom. The van der Waals surface area contributed by atoms with Gasteiger partial charge < -0.3 is 25.1 Å². The van der Waals surface area contributed by atoms with Gasteiger partial charge in [-0.3, -0.25) is 0 Å². The van der Waals surface area contributed by atoms with Gasteiger partial charge in [0.1, 0.15) is 11.4 Å². The largest absolute Gasteiger partial charge is 0.496 e. The predicted octanol–water partition coefficient (Wildman–Crippen LogP) is 4.73. The van der Waals surface area contributed by atoms with E-state index in [-0.39, 0.29) is 0 Å². The van der Waals surface area contributed by atoms with Gasteiger partial charge in [-0.25, -0.2) is 4.79 Å². The molecule has 0 aliphatic rings. The van der Waals surface area contributed by atoms with Crippen molar-refractivity contribution in [2.75, 3.05) is 7.11 Å². The van der Waals surface area contributed by atoms with Crippen molar-refractivity contribution in [3.05, 3.63) is 65.9 Å². The highest BCUT2D eigenvalue weighted by Gasteiger charge is 2.23. The Morgan fingerprint density at radius 1 is 1.10 bits per heavy atom. The van der Waals surface area contributed by atoms with Crippen molar-refractivity contribution in [3.8, 4) is 5.75 Å². The van der Waals surface area contributed by atoms with E-state index in [1.54, 1.807) is 7.11 Å². The lowest BCUT2D eigenvalue weighted by molar-refractivity contribution is 0.0518. The summed E-state index contributed by atoms with van der Waals surface area (Å²) in [6.45, 7) is 5.99. The van der Waals surface area contributed by atoms with Gasteiger partial charge >= 0.3 is 6.09 Å². The molecule has 3 rings (SSSR count). The second kappa shape index (κ2) is 9.83. The van der Waals surface area contributed by atoms with Gasteiger partial charge in [0.15, 0.2) is 0 Å². The van der Waals surface area contributed by atoms with Gasteiger partial charge in [-0.15, -0.1) is 0 Å². The van der Waals surface area contributed by atoms with E-state index in [1.165, 1.54) is 0 Å². The Morgan fingerprint density at radius 3 is 2.55 bits per heavy atom. The summed E-state index contributed by atoms with van der Waals surface area (Å²) in [6.07, 6.45) is 1.98. The number of methoxy groups -OCH3 is 1. The topological polar surface area (TPSA) is 75.4 Å². The summed E-state index contributed by atoms with van der Waals surface area (Å²) in [7, 11) is 1.64. The van der Waals surface area contributed by atoms with Crippen molar-refractivity contribution in [2.24, 2.45) is 0 Å². The third-order valence-corrected chi connectivity index (χ3v) is 5.18. The second-order valence-electron chi connectivity index (χ2n) is 8.29. The maximum Gasteiger partial charge on any atom is 0.408 e. The first-order valence-corrected chi connectivity index (χ1v) is 10.6. The van der Waals surface area contributed by atoms with E-state index in [9.17, 15) is 4.79 Å². The van der Waals surface area contributed by atoms with Crippen LogP contribution in [0.3, 0.4) is 0 Å². The van der Waals surface area contributed by atoms with Gasteiger partial charge in [-0.05, 0) is 38.5 Å². The number of para-hydroxylation sites is 2. The lowest BCUT2D eigenvalue weighted by Crippen LogP contribution is -2.48. The molecule has 1 heterocycles. The molecule has 31 heavy (non-hydrogen) atoms. The zero-order valence-electron chi connectivity index (χ0n) is 18.3. The first kappa shape index (κ1) is 22.6. The van der Waals surface area contributed by atoms with Gasteiger partial charge in [0.25, 0.3) is 0 Å². The molecule has 164 valence electrons. The van der Waals surface area contributed by atoms with Crippen molar-refractivity contribution in [1.29, 1.82) is 0 Å². The van der Waals surface area contributed by atoms with Gasteiger partial charge in [0.2, 0.25) is 0 Å². The minimum Gasteiger partial charge on any atom is -0.496 e. The van der Waals surface area contributed by atoms with E-state index in [0.717, 1.165) is 27.8 Å². The van der Waals surface area contributed by atoms with Crippen molar-refractivity contribution < 1.29 is 14.3 Å². The maximum absolute atomic E-state index is 12.5. The summed E-state index contributed by atoms with van der Waals surface area (Å²) in [5.41, 5.74) is 2.50. The minimum absolute atomic E-state index is 0.432. The zero-order chi connectivity index (χ0) is 22.4. The van der Waals surface area contributed by atoms with Crippen molar-refractivity contribution in [2.45, 2.75) is 45.4 Å². The summed E-state index contributed by atoms with van der Waals surface area (Å²) in [5.74, 6) is 0.783. The number of H-pyrrole nitrogens is 1. The van der Waals surface area contributed by atoms with Gasteiger partial charge in [0, 0.05) is 35.6 Å². The summed E-state index contributed by atoms with van der Waals surface area (Å²) < 4.78 is 10.9. The number of rotatable bonds is 7. The van der Waals surface area contributed by atoms with E-state index in [4.69, 9.17) is 21.7 Å². The monoisotopic (exact) mass is 439 g/mol. The van der Waals surface area contributed by atoms with Gasteiger partial charge in [0.05, 0.1) is 18.1 Å². The molecule has 0 aliphatic heterocycles. The highest BCUT2D eigenvalue weighted by atomic mass is 32.1. The number of hydrogen-bond acceptors (Lipinski definition) is 4. The van der Waals surface area contributed by atoms with Gasteiger partial charge in [-0.2, -0.15) is 0 Å². The van der Waals surface area contributed by atoms with Crippen LogP contribution >= 0.6 is 12.2 Å². The molecule has 0 aliphatic carbocycles. The molecule has 0 saturated carbocycles. The highest BCUT2D eigenvalue weighted by molar-refractivity contribution is 7.80. The van der Waals surface area contributed by atoms with Crippen LogP contribution in [-0.2, 0) is 17.7 Å². The smallest absolute Gasteiger partial charge is 0.408 e. The van der Waals surface area contributed by atoms with E-state index >= 15 is 0 Å². The average molecular weight is 440 g/mol. The number of carbonyl (C=O) groups is 1. The van der Waals surface area contributed by atoms with Crippen LogP contribution in [0.15, 0.2) is 54.7 Å². The number of nitrogens with one attached hydrogen (secondary N) is 3. The molecule has 1 amide bonds. The summed E-state index contributed by atoms with van der Waals surface area (Å²) in [6, 6.07) is 15.4. The number of carbonyl (C=O) groups excluding carboxylic acids is 1. The van der Waals surface area contributed by atoms with Crippen molar-refractivity contribution in [3.63, 3.8) is 0 Å². The standard InChI is InChI=1S/C24H29N3O3S/c1-24(2,3)30-23(28)27-20(13-17-15-25-19-11-7-6-10-18(17)19)22(31)26-14-16-9-5-8-12-21(16)29-4/h5-12,15,20,25H,13-14H2,1-4H3,(H,26,31)(H,27,28)/t20-/m1/s1. The number of ether oxygens (including phenoxy) is 2. The minimum atomic E-state index is -0.595. The summed E-state index contributed by atoms with van der Waals surface area (Å²) in [5, 5.41) is 7.31. The Kier molecular flexibility index (Phi) is 7.17. The highest BCUT2D eigenvalue weighted by Crippen LogP contribution is 2.20. The SMILES string of the molecule is COc1ccccc1CNC(=S)[C@@H](Cc1c[nH]c2ccccc12)NC(=O)OC(C)(C)C. The number of fused-ring (bicyclic) bond motifs is 1. The van der Waals surface area contributed by atoms with Crippen LogP contribution in [0, 0.1) is 0 Å². The normalized spacial score (nSPS) is 12.3. The molecular formula is C24H29N3O3S. The molecule has 2 aromatic carbocycles. The molecule has 0 bridgehead atoms. The molecule has 0 unspecified atom stereocenters. The van der Waals surface area contributed by atoms with E-state index in [2.05, 4.69) is 21.7 Å². The fraction of sp³-hybridized carbons (Fsp3) is 0.333. The summed E-state index contributed by atoms with van der Waals surface area (Å²) >= 11 is 5.68. The Hall–Kier alpha value is -3.06. The molecule has 0 radical (unpaired) electrons. The number of aromatic nitrogens is 1. The molecule has 1 atom stereocenters. The third kappa shape index (κ3) is 6.21. The molecule has 1 aromatic heterocycles. The van der Waals surface area contributed by atoms with E-state index in [1.807, 2.05) is 69.4 Å². The first-order valence-electron chi connectivity index (χ1n) is 10.2. The van der Waals surface area contributed by atoms with E-state index < -0.39 is 17.7 Å². The van der Waals surface area contributed by atoms with Crippen molar-refractivity contribution >= 4 is 34.2 Å². The van der Waals surface area contributed by atoms with Gasteiger partial charge in [-0.1, -0.05) is 48.6 Å². The Labute approximate surface area is 188 Å². The molecule has 0 fully saturated rings. The van der Waals surface area contributed by atoms with Crippen LogP contribution in [0.5, 0.6) is 5.75 Å². The molecule has 0 saturated heterocycles. The maximum atomic E-state index is 12.5. The van der Waals surface area contributed by atoms with E-state index in [0.29, 0.717) is 18.0 Å². The van der Waals surface area contributed by atoms with Crippen LogP contribution < -0.4 is 15.4 Å². The molecule has 0 spiro atoms. The summed E-state index contributed by atoms with van der Waals surface area (Å²) in [4.78, 5) is 16.3. The fourth-order valence-corrected chi connectivity index (χ4v) is 3.55. The fourth-order valence-electron chi connectivity index (χ4n) is 3.33. The Bertz CT molecular complexity index is 1060. The number of amides is 1. The Balaban J connectivity index is 1.77. The van der Waals surface area contributed by atoms with Crippen LogP contribution in [0.2, 0.25) is 0 Å². The van der Waals surface area contributed by atoms with Crippen LogP contribution in [0.1, 0.15) is 31.9 Å². The molecule has 6 nitrogen and oxygen atoms in total. The number of hydrogen-bond donors (Lipinski definition) is 3. The number of thiocarbonyl (C=S) groups is 1. The number of aromatic amines is 1. The molecule has 3 aromatic rings. The first-order chi connectivity index (χ1) is 14.8. The van der Waals surface area contributed by atoms with Crippen LogP contribution in [0.25, 0.3) is 10.9 Å². The average Bonchev–Trinajstić information content (AvgIpc) is 3.13. The third-order valence-electron chi connectivity index (χ3n) is 4.75. The number of alkyl carbamates (subject to hydrolysis) is 1. The zero-order valence-corrected chi connectivity index (χ0v) is 19.1. The molecule has 7 heteroatoms. The van der Waals surface area contributed by atoms with Crippen LogP contribution in [-0.4, -0.2) is 34.8 Å². The molecular weight excluding hydrogens is 410 g/mol. The van der Waals surface area contributed by atoms with Crippen LogP contribution in [0.4, 0.5) is 4.79 Å². The lowest BCUT2D eigenvalue weighted by atomic mass is 10.0.